The quantitative estimate of drug-likeness (QED) is 0.305. The number of aliphatic hydroxyl groups excluding tert-OH is 2. The van der Waals surface area contributed by atoms with E-state index in [4.69, 9.17) is 19.7 Å². The normalized spacial score (nSPS) is 9.30. The molecule has 6 nitrogen and oxygen atoms in total. The monoisotopic (exact) mass is 330 g/mol. The minimum Gasteiger partial charge on any atom is -0.463 e. The van der Waals surface area contributed by atoms with Gasteiger partial charge < -0.3 is 19.7 Å². The summed E-state index contributed by atoms with van der Waals surface area (Å²) in [7, 11) is 0. The molecule has 23 heavy (non-hydrogen) atoms. The predicted octanol–water partition coefficient (Wildman–Crippen LogP) is 2.15. The Morgan fingerprint density at radius 3 is 1.39 bits per heavy atom. The van der Waals surface area contributed by atoms with Gasteiger partial charge in [-0.15, -0.1) is 0 Å². The first-order valence-corrected chi connectivity index (χ1v) is 7.92. The smallest absolute Gasteiger partial charge is 0.330 e. The molecule has 0 saturated carbocycles. The van der Waals surface area contributed by atoms with Crippen molar-refractivity contribution in [3.8, 4) is 0 Å². The van der Waals surface area contributed by atoms with Crippen LogP contribution < -0.4 is 0 Å². The maximum Gasteiger partial charge on any atom is 0.330 e. The Morgan fingerprint density at radius 1 is 0.696 bits per heavy atom. The van der Waals surface area contributed by atoms with Crippen LogP contribution in [0.15, 0.2) is 25.3 Å². The van der Waals surface area contributed by atoms with E-state index in [1.54, 1.807) is 0 Å². The molecule has 0 saturated heterocycles. The number of rotatable bonds is 13. The van der Waals surface area contributed by atoms with E-state index >= 15 is 0 Å². The van der Waals surface area contributed by atoms with Crippen molar-refractivity contribution in [3.05, 3.63) is 25.3 Å². The van der Waals surface area contributed by atoms with Gasteiger partial charge in [0.1, 0.15) is 0 Å². The SMILES string of the molecule is C=CC(=O)OCCCCCCO.C=CC(=O)OCCCCCO. The van der Waals surface area contributed by atoms with Crippen molar-refractivity contribution >= 4 is 11.9 Å². The highest BCUT2D eigenvalue weighted by Gasteiger charge is 1.94. The molecule has 0 aromatic carbocycles. The van der Waals surface area contributed by atoms with Crippen molar-refractivity contribution in [2.24, 2.45) is 0 Å². The van der Waals surface area contributed by atoms with Crippen LogP contribution in [0.3, 0.4) is 0 Å². The number of hydrogen-bond acceptors (Lipinski definition) is 6. The van der Waals surface area contributed by atoms with Gasteiger partial charge in [-0.05, 0) is 38.5 Å². The highest BCUT2D eigenvalue weighted by Crippen LogP contribution is 1.99. The molecule has 0 aromatic rings. The van der Waals surface area contributed by atoms with Crippen LogP contribution >= 0.6 is 0 Å². The number of aliphatic hydroxyl groups is 2. The van der Waals surface area contributed by atoms with Crippen LogP contribution in [0.25, 0.3) is 0 Å². The molecule has 0 aliphatic carbocycles. The zero-order valence-corrected chi connectivity index (χ0v) is 13.9. The van der Waals surface area contributed by atoms with Crippen molar-refractivity contribution in [1.29, 1.82) is 0 Å². The number of unbranched alkanes of at least 4 members (excludes halogenated alkanes) is 5. The molecule has 0 heterocycles. The minimum atomic E-state index is -0.381. The molecule has 0 unspecified atom stereocenters. The first-order chi connectivity index (χ1) is 11.1. The van der Waals surface area contributed by atoms with Crippen molar-refractivity contribution in [3.63, 3.8) is 0 Å². The molecule has 0 fully saturated rings. The molecule has 0 rings (SSSR count). The summed E-state index contributed by atoms with van der Waals surface area (Å²) >= 11 is 0. The van der Waals surface area contributed by atoms with E-state index in [-0.39, 0.29) is 25.2 Å². The summed E-state index contributed by atoms with van der Waals surface area (Å²) < 4.78 is 9.45. The fourth-order valence-corrected chi connectivity index (χ4v) is 1.42. The summed E-state index contributed by atoms with van der Waals surface area (Å²) in [6.45, 7) is 7.86. The van der Waals surface area contributed by atoms with Crippen LogP contribution in [0.4, 0.5) is 0 Å². The Morgan fingerprint density at radius 2 is 1.04 bits per heavy atom. The third-order valence-corrected chi connectivity index (χ3v) is 2.68. The number of carbonyl (C=O) groups is 2. The Bertz CT molecular complexity index is 314. The number of ether oxygens (including phenoxy) is 2. The second kappa shape index (κ2) is 20.3. The van der Waals surface area contributed by atoms with Gasteiger partial charge >= 0.3 is 11.9 Å². The fourth-order valence-electron chi connectivity index (χ4n) is 1.42. The van der Waals surface area contributed by atoms with E-state index in [2.05, 4.69) is 13.2 Å². The molecule has 0 spiro atoms. The second-order valence-corrected chi connectivity index (χ2v) is 4.67. The molecule has 134 valence electrons. The topological polar surface area (TPSA) is 93.1 Å². The van der Waals surface area contributed by atoms with Crippen LogP contribution in [0.1, 0.15) is 44.9 Å². The Balaban J connectivity index is 0. The highest BCUT2D eigenvalue weighted by atomic mass is 16.5. The van der Waals surface area contributed by atoms with Crippen molar-refractivity contribution in [2.75, 3.05) is 26.4 Å². The first-order valence-electron chi connectivity index (χ1n) is 7.92. The summed E-state index contributed by atoms with van der Waals surface area (Å²) in [5.41, 5.74) is 0. The third-order valence-electron chi connectivity index (χ3n) is 2.68. The molecular weight excluding hydrogens is 300 g/mol. The summed E-state index contributed by atoms with van der Waals surface area (Å²) in [6.07, 6.45) is 8.44. The lowest BCUT2D eigenvalue weighted by Crippen LogP contribution is -2.01. The summed E-state index contributed by atoms with van der Waals surface area (Å²) in [4.78, 5) is 21.0. The molecule has 0 bridgehead atoms. The van der Waals surface area contributed by atoms with Gasteiger partial charge in [-0.3, -0.25) is 0 Å². The van der Waals surface area contributed by atoms with Gasteiger partial charge in [-0.1, -0.05) is 19.6 Å². The maximum absolute atomic E-state index is 10.5. The molecular formula is C17H30O6. The Hall–Kier alpha value is -1.66. The zero-order valence-electron chi connectivity index (χ0n) is 13.9. The van der Waals surface area contributed by atoms with Crippen molar-refractivity contribution < 1.29 is 29.3 Å². The summed E-state index contributed by atoms with van der Waals surface area (Å²) in [6, 6.07) is 0. The second-order valence-electron chi connectivity index (χ2n) is 4.67. The number of carbonyl (C=O) groups excluding carboxylic acids is 2. The van der Waals surface area contributed by atoms with E-state index in [9.17, 15) is 9.59 Å². The lowest BCUT2D eigenvalue weighted by atomic mass is 10.2. The Kier molecular flexibility index (Phi) is 20.9. The van der Waals surface area contributed by atoms with Crippen molar-refractivity contribution in [2.45, 2.75) is 44.9 Å². The first kappa shape index (κ1) is 23.6. The zero-order chi connectivity index (χ0) is 17.8. The van der Waals surface area contributed by atoms with E-state index in [0.29, 0.717) is 13.2 Å². The van der Waals surface area contributed by atoms with Crippen LogP contribution in [0.2, 0.25) is 0 Å². The molecule has 6 heteroatoms. The standard InChI is InChI=1S/C9H16O3.C8H14O3/c1-2-9(11)12-8-6-4-3-5-7-10;1-2-8(10)11-7-5-3-4-6-9/h2,10H,1,3-8H2;2,9H,1,3-7H2. The minimum absolute atomic E-state index is 0.204. The number of hydrogen-bond donors (Lipinski definition) is 2. The van der Waals surface area contributed by atoms with Gasteiger partial charge in [0.2, 0.25) is 0 Å². The van der Waals surface area contributed by atoms with Crippen LogP contribution in [0, 0.1) is 0 Å². The average Bonchev–Trinajstić information content (AvgIpc) is 2.57. The molecule has 0 atom stereocenters. The van der Waals surface area contributed by atoms with Gasteiger partial charge in [-0.2, -0.15) is 0 Å². The van der Waals surface area contributed by atoms with Gasteiger partial charge in [0.05, 0.1) is 13.2 Å². The number of esters is 2. The van der Waals surface area contributed by atoms with Crippen LogP contribution in [-0.2, 0) is 19.1 Å². The molecule has 0 amide bonds. The van der Waals surface area contributed by atoms with Crippen molar-refractivity contribution in [1.82, 2.24) is 0 Å². The van der Waals surface area contributed by atoms with Crippen LogP contribution in [-0.4, -0.2) is 48.6 Å². The van der Waals surface area contributed by atoms with Gasteiger partial charge in [0.25, 0.3) is 0 Å². The molecule has 2 N–H and O–H groups in total. The largest absolute Gasteiger partial charge is 0.463 e. The molecule has 0 aliphatic rings. The van der Waals surface area contributed by atoms with E-state index < -0.39 is 0 Å². The molecule has 0 aliphatic heterocycles. The average molecular weight is 330 g/mol. The Labute approximate surface area is 138 Å². The molecule has 0 radical (unpaired) electrons. The summed E-state index contributed by atoms with van der Waals surface area (Å²) in [5.74, 6) is -0.744. The lowest BCUT2D eigenvalue weighted by Gasteiger charge is -2.00. The van der Waals surface area contributed by atoms with Crippen LogP contribution in [0.5, 0.6) is 0 Å². The van der Waals surface area contributed by atoms with E-state index in [1.807, 2.05) is 0 Å². The van der Waals surface area contributed by atoms with Gasteiger partial charge in [0, 0.05) is 25.4 Å². The van der Waals surface area contributed by atoms with E-state index in [1.165, 1.54) is 0 Å². The molecule has 0 aromatic heterocycles. The maximum atomic E-state index is 10.5. The van der Waals surface area contributed by atoms with E-state index in [0.717, 1.165) is 57.1 Å². The fraction of sp³-hybridized carbons (Fsp3) is 0.647. The summed E-state index contributed by atoms with van der Waals surface area (Å²) in [5, 5.41) is 16.8. The third kappa shape index (κ3) is 22.8. The lowest BCUT2D eigenvalue weighted by molar-refractivity contribution is -0.138. The van der Waals surface area contributed by atoms with Gasteiger partial charge in [-0.25, -0.2) is 9.59 Å². The highest BCUT2D eigenvalue weighted by molar-refractivity contribution is 5.81. The van der Waals surface area contributed by atoms with Gasteiger partial charge in [0.15, 0.2) is 0 Å². The predicted molar refractivity (Wildman–Crippen MR) is 88.8 cm³/mol.